The average Bonchev–Trinajstić information content (AvgIpc) is 2.46. The highest BCUT2D eigenvalue weighted by molar-refractivity contribution is 6.31. The maximum absolute atomic E-state index is 5.97. The Morgan fingerprint density at radius 3 is 2.95 bits per heavy atom. The monoisotopic (exact) mass is 287 g/mol. The van der Waals surface area contributed by atoms with Gasteiger partial charge < -0.3 is 10.6 Å². The summed E-state index contributed by atoms with van der Waals surface area (Å²) in [6.45, 7) is 2.72. The molecule has 0 spiro atoms. The Kier molecular flexibility index (Phi) is 5.67. The summed E-state index contributed by atoms with van der Waals surface area (Å²) in [4.78, 5) is 4.32. The van der Waals surface area contributed by atoms with Crippen LogP contribution in [0.15, 0.2) is 30.5 Å². The van der Waals surface area contributed by atoms with Crippen LogP contribution in [0.25, 0.3) is 10.9 Å². The van der Waals surface area contributed by atoms with Gasteiger partial charge in [-0.3, -0.25) is 4.98 Å². The molecule has 2 aromatic rings. The fourth-order valence-corrected chi connectivity index (χ4v) is 2.17. The van der Waals surface area contributed by atoms with Crippen LogP contribution in [0.3, 0.4) is 0 Å². The number of nitrogens with zero attached hydrogens (tertiary/aromatic N) is 1. The van der Waals surface area contributed by atoms with Gasteiger partial charge >= 0.3 is 0 Å². The lowest BCUT2D eigenvalue weighted by atomic mass is 10.2. The molecule has 0 aliphatic heterocycles. The van der Waals surface area contributed by atoms with E-state index in [0.29, 0.717) is 5.02 Å². The predicted molar refractivity (Wildman–Crippen MR) is 86.2 cm³/mol. The van der Waals surface area contributed by atoms with E-state index in [-0.39, 0.29) is 0 Å². The molecule has 0 radical (unpaired) electrons. The predicted octanol–water partition coefficient (Wildman–Crippen LogP) is 3.30. The topological polar surface area (TPSA) is 37.0 Å². The minimum absolute atomic E-state index is 0.706. The molecule has 104 valence electrons. The molecule has 1 aromatic heterocycles. The zero-order chi connectivity index (χ0) is 14.2. The number of hydrogen-bond donors (Lipinski definition) is 2. The number of fused-ring (bicyclic) bond motifs is 1. The van der Waals surface area contributed by atoms with E-state index in [4.69, 9.17) is 18.0 Å². The Labute approximate surface area is 124 Å². The van der Waals surface area contributed by atoms with Crippen LogP contribution in [0.1, 0.15) is 12.8 Å². The Morgan fingerprint density at radius 1 is 1.20 bits per heavy atom. The number of anilines is 1. The summed E-state index contributed by atoms with van der Waals surface area (Å²) in [6.07, 6.45) is 8.85. The smallest absolute Gasteiger partial charge is 0.0737 e. The number of hydrogen-bond acceptors (Lipinski definition) is 3. The number of pyridine rings is 1. The Balaban J connectivity index is 1.86. The molecule has 0 unspecified atom stereocenters. The van der Waals surface area contributed by atoms with Crippen molar-refractivity contribution < 1.29 is 0 Å². The molecule has 0 saturated heterocycles. The molecule has 2 N–H and O–H groups in total. The van der Waals surface area contributed by atoms with Gasteiger partial charge in [-0.25, -0.2) is 0 Å². The van der Waals surface area contributed by atoms with E-state index in [1.165, 1.54) is 0 Å². The fraction of sp³-hybridized carbons (Fsp3) is 0.312. The van der Waals surface area contributed by atoms with Crippen molar-refractivity contribution in [1.82, 2.24) is 10.3 Å². The first-order chi connectivity index (χ1) is 9.81. The molecule has 0 saturated carbocycles. The van der Waals surface area contributed by atoms with Crippen LogP contribution in [0.5, 0.6) is 0 Å². The first-order valence-corrected chi connectivity index (χ1v) is 7.11. The Bertz CT molecular complexity index is 604. The standard InChI is InChI=1S/C16H18ClN3/c1-2-3-4-8-18-10-11-20-15-7-9-19-16-12-13(17)5-6-14(15)16/h1,5-7,9,12,18H,3-4,8,10-11H2,(H,19,20). The molecule has 0 atom stereocenters. The summed E-state index contributed by atoms with van der Waals surface area (Å²) in [5.74, 6) is 2.64. The van der Waals surface area contributed by atoms with Crippen LogP contribution < -0.4 is 10.6 Å². The van der Waals surface area contributed by atoms with Gasteiger partial charge in [0, 0.05) is 41.8 Å². The third-order valence-electron chi connectivity index (χ3n) is 3.00. The van der Waals surface area contributed by atoms with Crippen LogP contribution in [0.4, 0.5) is 5.69 Å². The van der Waals surface area contributed by atoms with Crippen LogP contribution in [0, 0.1) is 12.3 Å². The van der Waals surface area contributed by atoms with Gasteiger partial charge in [-0.05, 0) is 37.2 Å². The summed E-state index contributed by atoms with van der Waals surface area (Å²) in [5.41, 5.74) is 1.99. The normalized spacial score (nSPS) is 10.4. The van der Waals surface area contributed by atoms with Gasteiger partial charge in [0.1, 0.15) is 0 Å². The fourth-order valence-electron chi connectivity index (χ4n) is 2.00. The Hall–Kier alpha value is -1.76. The lowest BCUT2D eigenvalue weighted by molar-refractivity contribution is 0.671. The van der Waals surface area contributed by atoms with Crippen molar-refractivity contribution in [1.29, 1.82) is 0 Å². The van der Waals surface area contributed by atoms with Crippen LogP contribution in [0.2, 0.25) is 5.02 Å². The van der Waals surface area contributed by atoms with Crippen molar-refractivity contribution in [2.45, 2.75) is 12.8 Å². The maximum atomic E-state index is 5.97. The second-order valence-corrected chi connectivity index (χ2v) is 4.94. The quantitative estimate of drug-likeness (QED) is 0.606. The first kappa shape index (κ1) is 14.6. The van der Waals surface area contributed by atoms with E-state index < -0.39 is 0 Å². The molecule has 3 nitrogen and oxygen atoms in total. The number of rotatable bonds is 7. The second-order valence-electron chi connectivity index (χ2n) is 4.50. The molecule has 0 bridgehead atoms. The van der Waals surface area contributed by atoms with Crippen LogP contribution in [-0.4, -0.2) is 24.6 Å². The van der Waals surface area contributed by atoms with Crippen molar-refractivity contribution in [3.63, 3.8) is 0 Å². The number of halogens is 1. The molecule has 0 aliphatic rings. The van der Waals surface area contributed by atoms with Gasteiger partial charge in [-0.15, -0.1) is 12.3 Å². The van der Waals surface area contributed by atoms with Crippen LogP contribution >= 0.6 is 11.6 Å². The molecule has 4 heteroatoms. The minimum atomic E-state index is 0.706. The molecular formula is C16H18ClN3. The van der Waals surface area contributed by atoms with Gasteiger partial charge in [-0.2, -0.15) is 0 Å². The van der Waals surface area contributed by atoms with Crippen molar-refractivity contribution in [3.05, 3.63) is 35.5 Å². The van der Waals surface area contributed by atoms with E-state index in [2.05, 4.69) is 21.5 Å². The van der Waals surface area contributed by atoms with Crippen molar-refractivity contribution in [2.75, 3.05) is 25.0 Å². The highest BCUT2D eigenvalue weighted by atomic mass is 35.5. The van der Waals surface area contributed by atoms with Gasteiger partial charge in [-0.1, -0.05) is 11.6 Å². The summed E-state index contributed by atoms with van der Waals surface area (Å²) in [5, 5.41) is 8.56. The summed E-state index contributed by atoms with van der Waals surface area (Å²) >= 11 is 5.97. The zero-order valence-electron chi connectivity index (χ0n) is 11.3. The molecule has 0 fully saturated rings. The molecule has 2 rings (SSSR count). The lowest BCUT2D eigenvalue weighted by Crippen LogP contribution is -2.23. The van der Waals surface area contributed by atoms with Gasteiger partial charge in [0.05, 0.1) is 5.52 Å². The molecular weight excluding hydrogens is 270 g/mol. The molecule has 0 amide bonds. The summed E-state index contributed by atoms with van der Waals surface area (Å²) in [6, 6.07) is 7.73. The molecule has 1 aromatic carbocycles. The van der Waals surface area contributed by atoms with E-state index in [9.17, 15) is 0 Å². The summed E-state index contributed by atoms with van der Waals surface area (Å²) < 4.78 is 0. The minimum Gasteiger partial charge on any atom is -0.383 e. The molecule has 20 heavy (non-hydrogen) atoms. The van der Waals surface area contributed by atoms with E-state index >= 15 is 0 Å². The van der Waals surface area contributed by atoms with Gasteiger partial charge in [0.2, 0.25) is 0 Å². The number of nitrogens with one attached hydrogen (secondary N) is 2. The second kappa shape index (κ2) is 7.74. The molecule has 0 aliphatic carbocycles. The Morgan fingerprint density at radius 2 is 2.10 bits per heavy atom. The van der Waals surface area contributed by atoms with Crippen molar-refractivity contribution >= 4 is 28.2 Å². The van der Waals surface area contributed by atoms with E-state index in [1.807, 2.05) is 24.3 Å². The SMILES string of the molecule is C#CCCCNCCNc1ccnc2cc(Cl)ccc12. The largest absolute Gasteiger partial charge is 0.383 e. The average molecular weight is 288 g/mol. The number of unbranched alkanes of at least 4 members (excludes halogenated alkanes) is 1. The van der Waals surface area contributed by atoms with Crippen molar-refractivity contribution in [3.8, 4) is 12.3 Å². The third kappa shape index (κ3) is 4.12. The highest BCUT2D eigenvalue weighted by Crippen LogP contribution is 2.23. The van der Waals surface area contributed by atoms with Gasteiger partial charge in [0.15, 0.2) is 0 Å². The highest BCUT2D eigenvalue weighted by Gasteiger charge is 2.01. The molecule has 1 heterocycles. The van der Waals surface area contributed by atoms with Crippen molar-refractivity contribution in [2.24, 2.45) is 0 Å². The lowest BCUT2D eigenvalue weighted by Gasteiger charge is -2.10. The third-order valence-corrected chi connectivity index (χ3v) is 3.23. The van der Waals surface area contributed by atoms with E-state index in [0.717, 1.165) is 49.1 Å². The summed E-state index contributed by atoms with van der Waals surface area (Å²) in [7, 11) is 0. The number of terminal acetylenes is 1. The number of aromatic nitrogens is 1. The zero-order valence-corrected chi connectivity index (χ0v) is 12.1. The van der Waals surface area contributed by atoms with Crippen LogP contribution in [-0.2, 0) is 0 Å². The maximum Gasteiger partial charge on any atom is 0.0737 e. The van der Waals surface area contributed by atoms with Gasteiger partial charge in [0.25, 0.3) is 0 Å². The first-order valence-electron chi connectivity index (χ1n) is 6.73. The number of benzene rings is 1. The van der Waals surface area contributed by atoms with E-state index in [1.54, 1.807) is 6.20 Å².